The Hall–Kier alpha value is -1.42. The van der Waals surface area contributed by atoms with Crippen molar-refractivity contribution >= 4 is 11.4 Å². The Kier molecular flexibility index (Phi) is 4.31. The average molecular weight is 250 g/mol. The third-order valence-corrected chi connectivity index (χ3v) is 3.56. The maximum absolute atomic E-state index is 9.31. The van der Waals surface area contributed by atoms with Gasteiger partial charge in [-0.05, 0) is 31.9 Å². The summed E-state index contributed by atoms with van der Waals surface area (Å²) in [6.07, 6.45) is 3.39. The summed E-state index contributed by atoms with van der Waals surface area (Å²) in [7, 11) is 0. The number of benzene rings is 1. The van der Waals surface area contributed by atoms with Crippen LogP contribution in [0.1, 0.15) is 26.2 Å². The summed E-state index contributed by atoms with van der Waals surface area (Å²) in [4.78, 5) is 0. The second-order valence-corrected chi connectivity index (χ2v) is 4.81. The quantitative estimate of drug-likeness (QED) is 0.701. The van der Waals surface area contributed by atoms with Crippen LogP contribution in [-0.2, 0) is 0 Å². The monoisotopic (exact) mass is 250 g/mol. The first-order valence-electron chi connectivity index (χ1n) is 6.64. The smallest absolute Gasteiger partial charge is 0.144 e. The number of nitrogens with one attached hydrogen (secondary N) is 1. The Bertz CT molecular complexity index is 395. The van der Waals surface area contributed by atoms with Gasteiger partial charge in [-0.25, -0.2) is 0 Å². The molecular weight excluding hydrogens is 228 g/mol. The zero-order valence-electron chi connectivity index (χ0n) is 10.9. The highest BCUT2D eigenvalue weighted by molar-refractivity contribution is 5.61. The van der Waals surface area contributed by atoms with E-state index in [-0.39, 0.29) is 6.61 Å². The van der Waals surface area contributed by atoms with Crippen LogP contribution in [0.5, 0.6) is 5.75 Å². The van der Waals surface area contributed by atoms with Gasteiger partial charge in [-0.3, -0.25) is 0 Å². The molecule has 100 valence electrons. The van der Waals surface area contributed by atoms with E-state index in [9.17, 15) is 5.11 Å². The third kappa shape index (κ3) is 2.88. The summed E-state index contributed by atoms with van der Waals surface area (Å²) in [5, 5.41) is 12.8. The highest BCUT2D eigenvalue weighted by atomic mass is 16.5. The standard InChI is InChI=1S/C14H22N2O2/c1-2-18-14-8-11(6-7-12(14)15)16-13-5-3-4-10(13)9-17/h6-8,10,13,16-17H,2-5,9,15H2,1H3. The Labute approximate surface area is 108 Å². The van der Waals surface area contributed by atoms with Crippen molar-refractivity contribution in [1.82, 2.24) is 0 Å². The largest absolute Gasteiger partial charge is 0.492 e. The summed E-state index contributed by atoms with van der Waals surface area (Å²) in [5.41, 5.74) is 7.52. The zero-order valence-corrected chi connectivity index (χ0v) is 10.9. The number of anilines is 2. The fourth-order valence-corrected chi connectivity index (χ4v) is 2.56. The molecule has 2 atom stereocenters. The Morgan fingerprint density at radius 3 is 3.00 bits per heavy atom. The molecule has 1 aliphatic carbocycles. The number of aliphatic hydroxyl groups excluding tert-OH is 1. The molecule has 1 aliphatic rings. The van der Waals surface area contributed by atoms with Gasteiger partial charge >= 0.3 is 0 Å². The van der Waals surface area contributed by atoms with Crippen molar-refractivity contribution in [3.05, 3.63) is 18.2 Å². The molecule has 1 aromatic rings. The topological polar surface area (TPSA) is 67.5 Å². The van der Waals surface area contributed by atoms with Crippen molar-refractivity contribution in [1.29, 1.82) is 0 Å². The number of ether oxygens (including phenoxy) is 1. The highest BCUT2D eigenvalue weighted by Crippen LogP contribution is 2.31. The van der Waals surface area contributed by atoms with E-state index in [1.54, 1.807) is 0 Å². The molecule has 1 aromatic carbocycles. The van der Waals surface area contributed by atoms with Gasteiger partial charge in [0, 0.05) is 30.3 Å². The molecule has 1 fully saturated rings. The molecule has 2 unspecified atom stereocenters. The molecule has 0 aromatic heterocycles. The maximum atomic E-state index is 9.31. The highest BCUT2D eigenvalue weighted by Gasteiger charge is 2.26. The van der Waals surface area contributed by atoms with E-state index < -0.39 is 0 Å². The summed E-state index contributed by atoms with van der Waals surface area (Å²) in [6, 6.07) is 6.11. The van der Waals surface area contributed by atoms with Gasteiger partial charge in [0.25, 0.3) is 0 Å². The molecule has 0 heterocycles. The van der Waals surface area contributed by atoms with Crippen LogP contribution < -0.4 is 15.8 Å². The molecule has 2 rings (SSSR count). The minimum atomic E-state index is 0.255. The molecule has 0 radical (unpaired) electrons. The number of nitrogens with two attached hydrogens (primary N) is 1. The molecule has 4 N–H and O–H groups in total. The molecule has 4 nitrogen and oxygen atoms in total. The van der Waals surface area contributed by atoms with Crippen LogP contribution >= 0.6 is 0 Å². The minimum absolute atomic E-state index is 0.255. The molecule has 0 amide bonds. The van der Waals surface area contributed by atoms with Crippen LogP contribution in [0.25, 0.3) is 0 Å². The van der Waals surface area contributed by atoms with E-state index in [1.165, 1.54) is 6.42 Å². The Morgan fingerprint density at radius 1 is 1.44 bits per heavy atom. The molecule has 0 aliphatic heterocycles. The molecular formula is C14H22N2O2. The first kappa shape index (κ1) is 13.0. The van der Waals surface area contributed by atoms with E-state index in [0.29, 0.717) is 24.3 Å². The predicted molar refractivity (Wildman–Crippen MR) is 73.9 cm³/mol. The minimum Gasteiger partial charge on any atom is -0.492 e. The predicted octanol–water partition coefficient (Wildman–Crippen LogP) is 2.24. The molecule has 0 bridgehead atoms. The average Bonchev–Trinajstić information content (AvgIpc) is 2.81. The lowest BCUT2D eigenvalue weighted by atomic mass is 10.0. The summed E-state index contributed by atoms with van der Waals surface area (Å²) >= 11 is 0. The van der Waals surface area contributed by atoms with Crippen molar-refractivity contribution in [2.45, 2.75) is 32.2 Å². The van der Waals surface area contributed by atoms with Gasteiger partial charge in [0.1, 0.15) is 5.75 Å². The number of rotatable bonds is 5. The van der Waals surface area contributed by atoms with Gasteiger partial charge in [-0.15, -0.1) is 0 Å². The first-order chi connectivity index (χ1) is 8.74. The molecule has 0 saturated heterocycles. The van der Waals surface area contributed by atoms with E-state index >= 15 is 0 Å². The lowest BCUT2D eigenvalue weighted by Crippen LogP contribution is -2.26. The van der Waals surface area contributed by atoms with Crippen LogP contribution in [0.3, 0.4) is 0 Å². The van der Waals surface area contributed by atoms with Crippen LogP contribution in [0.2, 0.25) is 0 Å². The zero-order chi connectivity index (χ0) is 13.0. The number of hydrogen-bond donors (Lipinski definition) is 3. The number of nitrogen functional groups attached to an aromatic ring is 1. The van der Waals surface area contributed by atoms with E-state index in [1.807, 2.05) is 25.1 Å². The van der Waals surface area contributed by atoms with Gasteiger partial charge in [0.2, 0.25) is 0 Å². The fourth-order valence-electron chi connectivity index (χ4n) is 2.56. The van der Waals surface area contributed by atoms with Crippen molar-refractivity contribution < 1.29 is 9.84 Å². The third-order valence-electron chi connectivity index (χ3n) is 3.56. The second-order valence-electron chi connectivity index (χ2n) is 4.81. The van der Waals surface area contributed by atoms with E-state index in [4.69, 9.17) is 10.5 Å². The summed E-state index contributed by atoms with van der Waals surface area (Å²) < 4.78 is 5.48. The van der Waals surface area contributed by atoms with Crippen LogP contribution in [0, 0.1) is 5.92 Å². The summed E-state index contributed by atoms with van der Waals surface area (Å²) in [5.74, 6) is 1.08. The van der Waals surface area contributed by atoms with Crippen LogP contribution in [0.15, 0.2) is 18.2 Å². The van der Waals surface area contributed by atoms with Crippen LogP contribution in [0.4, 0.5) is 11.4 Å². The van der Waals surface area contributed by atoms with Crippen LogP contribution in [-0.4, -0.2) is 24.4 Å². The Balaban J connectivity index is 2.07. The number of aliphatic hydroxyl groups is 1. The lowest BCUT2D eigenvalue weighted by molar-refractivity contribution is 0.222. The molecule has 0 spiro atoms. The first-order valence-corrected chi connectivity index (χ1v) is 6.64. The van der Waals surface area contributed by atoms with Crippen molar-refractivity contribution in [2.75, 3.05) is 24.3 Å². The number of hydrogen-bond acceptors (Lipinski definition) is 4. The van der Waals surface area contributed by atoms with Crippen molar-refractivity contribution in [3.8, 4) is 5.75 Å². The second kappa shape index (κ2) is 5.96. The Morgan fingerprint density at radius 2 is 2.28 bits per heavy atom. The normalized spacial score (nSPS) is 23.0. The fraction of sp³-hybridized carbons (Fsp3) is 0.571. The van der Waals surface area contributed by atoms with E-state index in [2.05, 4.69) is 5.32 Å². The van der Waals surface area contributed by atoms with Gasteiger partial charge < -0.3 is 20.9 Å². The molecule has 18 heavy (non-hydrogen) atoms. The molecule has 4 heteroatoms. The molecule has 1 saturated carbocycles. The SMILES string of the molecule is CCOc1cc(NC2CCCC2CO)ccc1N. The van der Waals surface area contributed by atoms with Gasteiger partial charge in [-0.1, -0.05) is 6.42 Å². The van der Waals surface area contributed by atoms with Gasteiger partial charge in [0.15, 0.2) is 0 Å². The van der Waals surface area contributed by atoms with Crippen molar-refractivity contribution in [2.24, 2.45) is 5.92 Å². The van der Waals surface area contributed by atoms with Gasteiger partial charge in [-0.2, -0.15) is 0 Å². The maximum Gasteiger partial charge on any atom is 0.144 e. The van der Waals surface area contributed by atoms with Crippen molar-refractivity contribution in [3.63, 3.8) is 0 Å². The lowest BCUT2D eigenvalue weighted by Gasteiger charge is -2.21. The van der Waals surface area contributed by atoms with Gasteiger partial charge in [0.05, 0.1) is 12.3 Å². The van der Waals surface area contributed by atoms with E-state index in [0.717, 1.165) is 24.3 Å². The summed E-state index contributed by atoms with van der Waals surface area (Å²) in [6.45, 7) is 2.81.